The van der Waals surface area contributed by atoms with Crippen LogP contribution in [0.25, 0.3) is 0 Å². The van der Waals surface area contributed by atoms with E-state index in [2.05, 4.69) is 18.3 Å². The van der Waals surface area contributed by atoms with Gasteiger partial charge in [-0.15, -0.1) is 11.3 Å². The van der Waals surface area contributed by atoms with Crippen molar-refractivity contribution in [3.63, 3.8) is 0 Å². The first-order valence-corrected chi connectivity index (χ1v) is 9.40. The highest BCUT2D eigenvalue weighted by Crippen LogP contribution is 2.33. The molecular formula is C14H19N3O3S2. The van der Waals surface area contributed by atoms with Crippen molar-refractivity contribution in [2.45, 2.75) is 49.3 Å². The maximum absolute atomic E-state index is 12.5. The molecule has 0 aliphatic heterocycles. The number of nitriles is 1. The van der Waals surface area contributed by atoms with E-state index in [4.69, 9.17) is 5.14 Å². The second kappa shape index (κ2) is 5.99. The number of sulfonamides is 1. The monoisotopic (exact) mass is 341 g/mol. The van der Waals surface area contributed by atoms with Crippen molar-refractivity contribution in [3.8, 4) is 6.07 Å². The molecule has 0 spiro atoms. The molecule has 120 valence electrons. The maximum atomic E-state index is 12.5. The van der Waals surface area contributed by atoms with Gasteiger partial charge >= 0.3 is 0 Å². The van der Waals surface area contributed by atoms with Gasteiger partial charge in [-0.3, -0.25) is 4.79 Å². The van der Waals surface area contributed by atoms with E-state index in [9.17, 15) is 18.5 Å². The summed E-state index contributed by atoms with van der Waals surface area (Å²) < 4.78 is 22.7. The van der Waals surface area contributed by atoms with Gasteiger partial charge in [-0.2, -0.15) is 5.26 Å². The summed E-state index contributed by atoms with van der Waals surface area (Å²) in [4.78, 5) is 12.7. The molecule has 1 amide bonds. The fourth-order valence-electron chi connectivity index (χ4n) is 2.89. The first-order valence-electron chi connectivity index (χ1n) is 7.04. The van der Waals surface area contributed by atoms with Gasteiger partial charge in [0, 0.05) is 0 Å². The first kappa shape index (κ1) is 16.9. The molecule has 3 N–H and O–H groups in total. The Morgan fingerprint density at radius 3 is 2.77 bits per heavy atom. The lowest BCUT2D eigenvalue weighted by molar-refractivity contribution is 0.0894. The van der Waals surface area contributed by atoms with Crippen LogP contribution in [0.3, 0.4) is 0 Å². The predicted molar refractivity (Wildman–Crippen MR) is 83.9 cm³/mol. The number of hydrogen-bond acceptors (Lipinski definition) is 5. The Kier molecular flexibility index (Phi) is 4.61. The number of carbonyl (C=O) groups is 1. The van der Waals surface area contributed by atoms with Gasteiger partial charge in [-0.1, -0.05) is 13.3 Å². The number of nitrogens with zero attached hydrogens (tertiary/aromatic N) is 1. The fourth-order valence-corrected chi connectivity index (χ4v) is 4.74. The molecular weight excluding hydrogens is 322 g/mol. The van der Waals surface area contributed by atoms with Crippen LogP contribution in [0.4, 0.5) is 0 Å². The number of aryl methyl sites for hydroxylation is 1. The van der Waals surface area contributed by atoms with E-state index in [0.717, 1.165) is 24.2 Å². The number of thiophene rings is 1. The average molecular weight is 341 g/mol. The van der Waals surface area contributed by atoms with Gasteiger partial charge in [0.15, 0.2) is 0 Å². The molecule has 0 radical (unpaired) electrons. The summed E-state index contributed by atoms with van der Waals surface area (Å²) in [7, 11) is -3.83. The zero-order valence-electron chi connectivity index (χ0n) is 12.5. The molecule has 2 rings (SSSR count). The summed E-state index contributed by atoms with van der Waals surface area (Å²) in [6.07, 6.45) is 3.17. The van der Waals surface area contributed by atoms with Crippen molar-refractivity contribution in [1.82, 2.24) is 5.32 Å². The molecule has 1 aromatic heterocycles. The van der Waals surface area contributed by atoms with Crippen molar-refractivity contribution in [2.24, 2.45) is 11.1 Å². The molecule has 2 atom stereocenters. The van der Waals surface area contributed by atoms with Crippen LogP contribution in [0.5, 0.6) is 0 Å². The van der Waals surface area contributed by atoms with E-state index in [0.29, 0.717) is 24.3 Å². The quantitative estimate of drug-likeness (QED) is 0.874. The number of rotatable bonds is 3. The normalized spacial score (nSPS) is 25.5. The van der Waals surface area contributed by atoms with E-state index in [-0.39, 0.29) is 9.09 Å². The fraction of sp³-hybridized carbons (Fsp3) is 0.571. The maximum Gasteiger partial charge on any atom is 0.262 e. The topological polar surface area (TPSA) is 113 Å². The number of primary sulfonamides is 1. The second-order valence-electron chi connectivity index (χ2n) is 5.97. The van der Waals surface area contributed by atoms with Gasteiger partial charge < -0.3 is 5.32 Å². The Bertz CT molecular complexity index is 733. The molecule has 1 fully saturated rings. The van der Waals surface area contributed by atoms with Gasteiger partial charge in [0.2, 0.25) is 10.0 Å². The summed E-state index contributed by atoms with van der Waals surface area (Å²) in [5, 5.41) is 17.4. The Morgan fingerprint density at radius 2 is 2.27 bits per heavy atom. The summed E-state index contributed by atoms with van der Waals surface area (Å²) in [5.74, 6) is -0.0360. The molecule has 0 aromatic carbocycles. The number of nitrogens with one attached hydrogen (secondary N) is 1. The Labute approximate surface area is 134 Å². The Balaban J connectivity index is 2.26. The highest BCUT2D eigenvalue weighted by atomic mass is 32.2. The molecule has 1 heterocycles. The van der Waals surface area contributed by atoms with Crippen molar-refractivity contribution in [2.75, 3.05) is 0 Å². The number of hydrogen-bond donors (Lipinski definition) is 2. The molecule has 0 saturated heterocycles. The van der Waals surface area contributed by atoms with Crippen molar-refractivity contribution in [3.05, 3.63) is 16.5 Å². The van der Waals surface area contributed by atoms with E-state index < -0.39 is 21.5 Å². The third-order valence-corrected chi connectivity index (χ3v) is 6.60. The standard InChI is InChI=1S/C14H19N3O3S2/c1-9-4-3-5-14(7-9,8-15)17-13(18)12-10(2)6-11(21-12)22(16,19)20/h6,9H,3-5,7H2,1-2H3,(H,17,18)(H2,16,19,20). The Hall–Kier alpha value is -1.43. The third kappa shape index (κ3) is 3.48. The lowest BCUT2D eigenvalue weighted by Gasteiger charge is -2.34. The van der Waals surface area contributed by atoms with E-state index in [1.54, 1.807) is 6.92 Å². The third-order valence-electron chi connectivity index (χ3n) is 3.95. The SMILES string of the molecule is Cc1cc(S(N)(=O)=O)sc1C(=O)NC1(C#N)CCCC(C)C1. The van der Waals surface area contributed by atoms with Crippen LogP contribution in [-0.2, 0) is 10.0 Å². The van der Waals surface area contributed by atoms with Crippen molar-refractivity contribution in [1.29, 1.82) is 5.26 Å². The van der Waals surface area contributed by atoms with Crippen LogP contribution in [0.15, 0.2) is 10.3 Å². The first-order chi connectivity index (χ1) is 10.2. The largest absolute Gasteiger partial charge is 0.333 e. The van der Waals surface area contributed by atoms with Gasteiger partial charge in [-0.05, 0) is 43.7 Å². The molecule has 6 nitrogen and oxygen atoms in total. The smallest absolute Gasteiger partial charge is 0.262 e. The summed E-state index contributed by atoms with van der Waals surface area (Å²) in [5.41, 5.74) is -0.323. The van der Waals surface area contributed by atoms with Crippen LogP contribution < -0.4 is 10.5 Å². The van der Waals surface area contributed by atoms with Gasteiger partial charge in [0.05, 0.1) is 10.9 Å². The van der Waals surface area contributed by atoms with Crippen LogP contribution in [0.1, 0.15) is 47.8 Å². The minimum Gasteiger partial charge on any atom is -0.333 e. The molecule has 1 aliphatic rings. The summed E-state index contributed by atoms with van der Waals surface area (Å²) in [6.45, 7) is 3.72. The minimum absolute atomic E-state index is 0.0434. The molecule has 1 aliphatic carbocycles. The van der Waals surface area contributed by atoms with E-state index in [1.807, 2.05) is 0 Å². The van der Waals surface area contributed by atoms with Crippen molar-refractivity contribution >= 4 is 27.3 Å². The number of carbonyl (C=O) groups excluding carboxylic acids is 1. The molecule has 1 aromatic rings. The lowest BCUT2D eigenvalue weighted by Crippen LogP contribution is -2.50. The van der Waals surface area contributed by atoms with Crippen molar-refractivity contribution < 1.29 is 13.2 Å². The van der Waals surface area contributed by atoms with Crippen LogP contribution in [0.2, 0.25) is 0 Å². The molecule has 2 unspecified atom stereocenters. The molecule has 0 bridgehead atoms. The highest BCUT2D eigenvalue weighted by molar-refractivity contribution is 7.91. The summed E-state index contributed by atoms with van der Waals surface area (Å²) >= 11 is 0.839. The van der Waals surface area contributed by atoms with Crippen LogP contribution in [-0.4, -0.2) is 19.9 Å². The minimum atomic E-state index is -3.83. The predicted octanol–water partition coefficient (Wildman–Crippen LogP) is 1.91. The second-order valence-corrected chi connectivity index (χ2v) is 8.81. The Morgan fingerprint density at radius 1 is 1.59 bits per heavy atom. The van der Waals surface area contributed by atoms with Gasteiger partial charge in [0.1, 0.15) is 9.75 Å². The zero-order valence-corrected chi connectivity index (χ0v) is 14.2. The van der Waals surface area contributed by atoms with E-state index in [1.165, 1.54) is 6.07 Å². The van der Waals surface area contributed by atoms with Gasteiger partial charge in [-0.25, -0.2) is 13.6 Å². The highest BCUT2D eigenvalue weighted by Gasteiger charge is 2.37. The zero-order chi connectivity index (χ0) is 16.5. The van der Waals surface area contributed by atoms with Crippen LogP contribution in [0, 0.1) is 24.2 Å². The molecule has 22 heavy (non-hydrogen) atoms. The number of nitrogens with two attached hydrogens (primary N) is 1. The molecule has 8 heteroatoms. The average Bonchev–Trinajstić information content (AvgIpc) is 2.81. The summed E-state index contributed by atoms with van der Waals surface area (Å²) in [6, 6.07) is 3.62. The lowest BCUT2D eigenvalue weighted by atomic mass is 9.77. The number of amides is 1. The van der Waals surface area contributed by atoms with Gasteiger partial charge in [0.25, 0.3) is 5.91 Å². The van der Waals surface area contributed by atoms with E-state index >= 15 is 0 Å². The van der Waals surface area contributed by atoms with Crippen LogP contribution >= 0.6 is 11.3 Å². The molecule has 1 saturated carbocycles.